The number of rotatable bonds is 7. The first kappa shape index (κ1) is 15.3. The minimum Gasteiger partial charge on any atom is -0.377 e. The Balaban J connectivity index is 1.80. The van der Waals surface area contributed by atoms with E-state index in [0.29, 0.717) is 45.3 Å². The van der Waals surface area contributed by atoms with E-state index in [0.717, 1.165) is 6.42 Å². The van der Waals surface area contributed by atoms with Gasteiger partial charge in [-0.25, -0.2) is 0 Å². The number of morpholine rings is 1. The zero-order chi connectivity index (χ0) is 14.4. The molecule has 6 heteroatoms. The summed E-state index contributed by atoms with van der Waals surface area (Å²) < 4.78 is 5.35. The third-order valence-corrected chi connectivity index (χ3v) is 3.65. The van der Waals surface area contributed by atoms with E-state index in [1.54, 1.807) is 4.90 Å². The van der Waals surface area contributed by atoms with Gasteiger partial charge in [-0.15, -0.1) is 0 Å². The molecule has 1 aliphatic heterocycles. The van der Waals surface area contributed by atoms with Crippen molar-refractivity contribution in [2.75, 3.05) is 32.8 Å². The van der Waals surface area contributed by atoms with Gasteiger partial charge in [-0.05, 0) is 19.3 Å². The molecule has 1 saturated carbocycles. The predicted octanol–water partition coefficient (Wildman–Crippen LogP) is -0.118. The van der Waals surface area contributed by atoms with E-state index >= 15 is 0 Å². The molecule has 0 spiro atoms. The van der Waals surface area contributed by atoms with E-state index in [9.17, 15) is 9.59 Å². The molecule has 2 N–H and O–H groups in total. The van der Waals surface area contributed by atoms with Gasteiger partial charge in [-0.3, -0.25) is 9.59 Å². The van der Waals surface area contributed by atoms with Gasteiger partial charge in [0.1, 0.15) is 6.04 Å². The first-order chi connectivity index (χ1) is 9.72. The predicted molar refractivity (Wildman–Crippen MR) is 75.3 cm³/mol. The smallest absolute Gasteiger partial charge is 0.245 e. The van der Waals surface area contributed by atoms with E-state index in [-0.39, 0.29) is 11.8 Å². The van der Waals surface area contributed by atoms with E-state index in [4.69, 9.17) is 4.74 Å². The van der Waals surface area contributed by atoms with E-state index < -0.39 is 6.04 Å². The Morgan fingerprint density at radius 1 is 1.30 bits per heavy atom. The van der Waals surface area contributed by atoms with Gasteiger partial charge in [0, 0.05) is 32.1 Å². The molecule has 2 amide bonds. The van der Waals surface area contributed by atoms with Gasteiger partial charge in [-0.2, -0.15) is 0 Å². The Bertz CT molecular complexity index is 345. The van der Waals surface area contributed by atoms with Gasteiger partial charge in [0.15, 0.2) is 0 Å². The Labute approximate surface area is 120 Å². The second-order valence-corrected chi connectivity index (χ2v) is 5.45. The van der Waals surface area contributed by atoms with Crippen molar-refractivity contribution in [3.63, 3.8) is 0 Å². The molecule has 0 radical (unpaired) electrons. The fourth-order valence-electron chi connectivity index (χ4n) is 2.30. The van der Waals surface area contributed by atoms with Crippen LogP contribution in [0.25, 0.3) is 0 Å². The van der Waals surface area contributed by atoms with Gasteiger partial charge >= 0.3 is 0 Å². The van der Waals surface area contributed by atoms with Crippen molar-refractivity contribution in [1.29, 1.82) is 0 Å². The molecular formula is C14H25N3O3. The number of carbonyl (C=O) groups excluding carboxylic acids is 2. The molecule has 0 aromatic rings. The molecule has 0 aromatic heterocycles. The molecule has 1 heterocycles. The number of carbonyl (C=O) groups is 2. The normalized spacial score (nSPS) is 22.6. The lowest BCUT2D eigenvalue weighted by molar-refractivity contribution is -0.148. The largest absolute Gasteiger partial charge is 0.377 e. The van der Waals surface area contributed by atoms with Crippen molar-refractivity contribution >= 4 is 11.8 Å². The summed E-state index contributed by atoms with van der Waals surface area (Å²) in [5.41, 5.74) is 0. The van der Waals surface area contributed by atoms with Gasteiger partial charge < -0.3 is 20.3 Å². The van der Waals surface area contributed by atoms with Crippen LogP contribution in [0.4, 0.5) is 0 Å². The summed E-state index contributed by atoms with van der Waals surface area (Å²) in [6, 6.07) is 0.139. The third-order valence-electron chi connectivity index (χ3n) is 3.65. The van der Waals surface area contributed by atoms with Crippen LogP contribution in [0.5, 0.6) is 0 Å². The van der Waals surface area contributed by atoms with Crippen LogP contribution < -0.4 is 10.6 Å². The Morgan fingerprint density at radius 2 is 2.10 bits per heavy atom. The molecule has 2 fully saturated rings. The summed E-state index contributed by atoms with van der Waals surface area (Å²) in [4.78, 5) is 26.0. The Hall–Kier alpha value is -1.14. The van der Waals surface area contributed by atoms with E-state index in [1.807, 2.05) is 6.92 Å². The fourth-order valence-corrected chi connectivity index (χ4v) is 2.30. The summed E-state index contributed by atoms with van der Waals surface area (Å²) in [7, 11) is 0. The highest BCUT2D eigenvalue weighted by Crippen LogP contribution is 2.18. The minimum absolute atomic E-state index is 0.0399. The molecule has 2 aliphatic rings. The lowest BCUT2D eigenvalue weighted by atomic mass is 10.2. The van der Waals surface area contributed by atoms with Gasteiger partial charge in [0.05, 0.1) is 13.2 Å². The van der Waals surface area contributed by atoms with Crippen LogP contribution in [0.2, 0.25) is 0 Å². The summed E-state index contributed by atoms with van der Waals surface area (Å²) in [6.07, 6.45) is 3.77. The van der Waals surface area contributed by atoms with Gasteiger partial charge in [-0.1, -0.05) is 6.92 Å². The van der Waals surface area contributed by atoms with Crippen molar-refractivity contribution in [2.45, 2.75) is 44.7 Å². The number of hydrogen-bond donors (Lipinski definition) is 2. The average molecular weight is 283 g/mol. The molecule has 114 valence electrons. The van der Waals surface area contributed by atoms with Crippen LogP contribution in [-0.2, 0) is 14.3 Å². The van der Waals surface area contributed by atoms with Crippen molar-refractivity contribution < 1.29 is 14.3 Å². The molecule has 1 unspecified atom stereocenters. The molecule has 1 saturated heterocycles. The highest BCUT2D eigenvalue weighted by Gasteiger charge is 2.32. The second kappa shape index (κ2) is 7.59. The molecular weight excluding hydrogens is 258 g/mol. The maximum atomic E-state index is 12.2. The molecule has 2 rings (SSSR count). The first-order valence-corrected chi connectivity index (χ1v) is 7.60. The van der Waals surface area contributed by atoms with Crippen molar-refractivity contribution in [3.8, 4) is 0 Å². The second-order valence-electron chi connectivity index (χ2n) is 5.45. The Morgan fingerprint density at radius 3 is 2.80 bits per heavy atom. The monoisotopic (exact) mass is 283 g/mol. The molecule has 0 bridgehead atoms. The quantitative estimate of drug-likeness (QED) is 0.683. The van der Waals surface area contributed by atoms with Crippen LogP contribution in [-0.4, -0.2) is 61.6 Å². The molecule has 0 aromatic carbocycles. The van der Waals surface area contributed by atoms with Crippen LogP contribution in [0.3, 0.4) is 0 Å². The van der Waals surface area contributed by atoms with E-state index in [2.05, 4.69) is 10.6 Å². The topological polar surface area (TPSA) is 70.7 Å². The number of amides is 2. The van der Waals surface area contributed by atoms with Crippen LogP contribution in [0.1, 0.15) is 32.6 Å². The zero-order valence-electron chi connectivity index (χ0n) is 12.2. The summed E-state index contributed by atoms with van der Waals surface area (Å²) in [6.45, 7) is 4.66. The molecule has 6 nitrogen and oxygen atoms in total. The molecule has 1 atom stereocenters. The summed E-state index contributed by atoms with van der Waals surface area (Å²) >= 11 is 0. The number of ether oxygens (including phenoxy) is 1. The maximum absolute atomic E-state index is 12.2. The van der Waals surface area contributed by atoms with Crippen molar-refractivity contribution in [3.05, 3.63) is 0 Å². The Kier molecular flexibility index (Phi) is 5.79. The molecule has 1 aliphatic carbocycles. The average Bonchev–Trinajstić information content (AvgIpc) is 3.28. The molecule has 20 heavy (non-hydrogen) atoms. The van der Waals surface area contributed by atoms with E-state index in [1.165, 1.54) is 12.8 Å². The van der Waals surface area contributed by atoms with Crippen LogP contribution >= 0.6 is 0 Å². The highest BCUT2D eigenvalue weighted by atomic mass is 16.5. The lowest BCUT2D eigenvalue weighted by Crippen LogP contribution is -2.56. The van der Waals surface area contributed by atoms with Gasteiger partial charge in [0.2, 0.25) is 11.8 Å². The van der Waals surface area contributed by atoms with Crippen molar-refractivity contribution in [2.24, 2.45) is 0 Å². The summed E-state index contributed by atoms with van der Waals surface area (Å²) in [5, 5.41) is 6.17. The number of nitrogens with zero attached hydrogens (tertiary/aromatic N) is 1. The zero-order valence-corrected chi connectivity index (χ0v) is 12.2. The van der Waals surface area contributed by atoms with Crippen LogP contribution in [0, 0.1) is 0 Å². The first-order valence-electron chi connectivity index (χ1n) is 7.60. The number of hydrogen-bond acceptors (Lipinski definition) is 4. The standard InChI is InChI=1S/C14H25N3O3/c1-2-6-16-14(19)12-10-20-9-8-17(12)13(18)5-7-15-11-3-4-11/h11-12,15H,2-10H2,1H3,(H,16,19). The SMILES string of the molecule is CCCNC(=O)C1COCCN1C(=O)CCNC1CC1. The van der Waals surface area contributed by atoms with Crippen LogP contribution in [0.15, 0.2) is 0 Å². The maximum Gasteiger partial charge on any atom is 0.245 e. The van der Waals surface area contributed by atoms with Gasteiger partial charge in [0.25, 0.3) is 0 Å². The lowest BCUT2D eigenvalue weighted by Gasteiger charge is -2.34. The number of nitrogens with one attached hydrogen (secondary N) is 2. The fraction of sp³-hybridized carbons (Fsp3) is 0.857. The minimum atomic E-state index is -0.469. The third kappa shape index (κ3) is 4.45. The highest BCUT2D eigenvalue weighted by molar-refractivity contribution is 5.88. The summed E-state index contributed by atoms with van der Waals surface area (Å²) in [5.74, 6) is -0.0619. The van der Waals surface area contributed by atoms with Crippen molar-refractivity contribution in [1.82, 2.24) is 15.5 Å².